The van der Waals surface area contributed by atoms with Gasteiger partial charge in [-0.25, -0.2) is 8.78 Å². The Hall–Kier alpha value is -2.59. The molecule has 35 heavy (non-hydrogen) atoms. The van der Waals surface area contributed by atoms with Crippen LogP contribution in [0.25, 0.3) is 10.9 Å². The predicted molar refractivity (Wildman–Crippen MR) is 132 cm³/mol. The molecular formula is C27H31ClF2N2O3. The van der Waals surface area contributed by atoms with Crippen LogP contribution in [-0.4, -0.2) is 45.5 Å². The summed E-state index contributed by atoms with van der Waals surface area (Å²) in [4.78, 5) is 26.6. The van der Waals surface area contributed by atoms with Crippen molar-refractivity contribution in [3.05, 3.63) is 34.5 Å². The minimum absolute atomic E-state index is 0.105. The van der Waals surface area contributed by atoms with Crippen molar-refractivity contribution in [1.82, 2.24) is 9.47 Å². The van der Waals surface area contributed by atoms with E-state index in [-0.39, 0.29) is 31.2 Å². The molecule has 1 amide bonds. The standard InChI is InChI=1S/C27H31ClF2N2O3/c1-31-22-11-10-20(28)14-21(22)24(25(33)32-13-12-19(17-32)26(34)35)23(31)9-7-5-3-2-4-6-8-18-15-27(29,30)16-18/h10-11,14,18-19H,2-5,7,9,12-13,15-17H2,1H3,(H,34,35)/t19-/m0/s1. The van der Waals surface area contributed by atoms with Crippen LogP contribution in [0.1, 0.15) is 67.4 Å². The van der Waals surface area contributed by atoms with Gasteiger partial charge >= 0.3 is 5.97 Å². The normalized spacial score (nSPS) is 19.4. The number of carbonyl (C=O) groups is 2. The number of benzene rings is 1. The SMILES string of the molecule is Cn1c(CCCCCCC#CC2CC(F)(F)C2)c(C(=O)N2CC[C@H](C(=O)O)C2)c2cc(Cl)ccc21. The lowest BCUT2D eigenvalue weighted by Gasteiger charge is -2.31. The van der Waals surface area contributed by atoms with Gasteiger partial charge in [-0.05, 0) is 43.9 Å². The maximum atomic E-state index is 13.5. The predicted octanol–water partition coefficient (Wildman–Crippen LogP) is 5.92. The molecule has 188 valence electrons. The van der Waals surface area contributed by atoms with Crippen molar-refractivity contribution in [3.63, 3.8) is 0 Å². The monoisotopic (exact) mass is 504 g/mol. The Labute approximate surface area is 209 Å². The average Bonchev–Trinajstić information content (AvgIpc) is 3.37. The molecule has 8 heteroatoms. The van der Waals surface area contributed by atoms with Crippen LogP contribution in [0.4, 0.5) is 8.78 Å². The Morgan fingerprint density at radius 3 is 2.63 bits per heavy atom. The number of hydrogen-bond acceptors (Lipinski definition) is 2. The maximum absolute atomic E-state index is 13.5. The number of fused-ring (bicyclic) bond motifs is 1. The molecule has 4 rings (SSSR count). The number of aromatic nitrogens is 1. The first-order valence-corrected chi connectivity index (χ1v) is 12.7. The highest BCUT2D eigenvalue weighted by Crippen LogP contribution is 2.41. The molecule has 1 aliphatic heterocycles. The third kappa shape index (κ3) is 5.81. The second kappa shape index (κ2) is 10.6. The number of carboxylic acids is 1. The molecule has 2 aromatic rings. The summed E-state index contributed by atoms with van der Waals surface area (Å²) < 4.78 is 27.7. The molecule has 1 saturated carbocycles. The molecule has 0 unspecified atom stereocenters. The summed E-state index contributed by atoms with van der Waals surface area (Å²) in [5.41, 5.74) is 2.49. The molecule has 1 atom stereocenters. The van der Waals surface area contributed by atoms with Crippen molar-refractivity contribution in [2.45, 2.75) is 63.7 Å². The Bertz CT molecular complexity index is 1170. The van der Waals surface area contributed by atoms with Gasteiger partial charge in [0.25, 0.3) is 11.8 Å². The molecule has 0 spiro atoms. The number of halogens is 3. The first kappa shape index (κ1) is 25.5. The molecule has 5 nitrogen and oxygen atoms in total. The van der Waals surface area contributed by atoms with E-state index in [0.29, 0.717) is 23.6 Å². The van der Waals surface area contributed by atoms with E-state index >= 15 is 0 Å². The number of rotatable bonds is 8. The molecule has 0 bridgehead atoms. The summed E-state index contributed by atoms with van der Waals surface area (Å²) in [6.45, 7) is 0.663. The summed E-state index contributed by atoms with van der Waals surface area (Å²) >= 11 is 6.25. The summed E-state index contributed by atoms with van der Waals surface area (Å²) in [5.74, 6) is 1.81. The highest BCUT2D eigenvalue weighted by Gasteiger charge is 2.44. The minimum Gasteiger partial charge on any atom is -0.481 e. The number of aliphatic carboxylic acids is 1. The number of alkyl halides is 2. The minimum atomic E-state index is -2.51. The fraction of sp³-hybridized carbons (Fsp3) is 0.556. The fourth-order valence-electron chi connectivity index (χ4n) is 5.14. The highest BCUT2D eigenvalue weighted by atomic mass is 35.5. The van der Waals surface area contributed by atoms with E-state index in [4.69, 9.17) is 11.6 Å². The molecule has 0 radical (unpaired) electrons. The molecule has 2 heterocycles. The number of aryl methyl sites for hydroxylation is 1. The van der Waals surface area contributed by atoms with Crippen LogP contribution in [0, 0.1) is 23.7 Å². The summed E-state index contributed by atoms with van der Waals surface area (Å²) in [7, 11) is 1.95. The van der Waals surface area contributed by atoms with Crippen LogP contribution in [0.2, 0.25) is 5.02 Å². The zero-order valence-corrected chi connectivity index (χ0v) is 20.7. The van der Waals surface area contributed by atoms with Crippen LogP contribution in [0.15, 0.2) is 18.2 Å². The molecular weight excluding hydrogens is 474 g/mol. The lowest BCUT2D eigenvalue weighted by Crippen LogP contribution is -2.34. The van der Waals surface area contributed by atoms with Gasteiger partial charge in [0.2, 0.25) is 0 Å². The van der Waals surface area contributed by atoms with E-state index < -0.39 is 17.8 Å². The van der Waals surface area contributed by atoms with Gasteiger partial charge in [-0.2, -0.15) is 0 Å². The number of amides is 1. The number of nitrogens with zero attached hydrogens (tertiary/aromatic N) is 2. The van der Waals surface area contributed by atoms with Crippen molar-refractivity contribution in [2.75, 3.05) is 13.1 Å². The zero-order chi connectivity index (χ0) is 25.2. The molecule has 1 aromatic carbocycles. The molecule has 2 aliphatic rings. The van der Waals surface area contributed by atoms with Gasteiger partial charge < -0.3 is 14.6 Å². The van der Waals surface area contributed by atoms with Gasteiger partial charge in [-0.3, -0.25) is 9.59 Å². The van der Waals surface area contributed by atoms with Crippen LogP contribution in [0.3, 0.4) is 0 Å². The van der Waals surface area contributed by atoms with Gasteiger partial charge in [-0.1, -0.05) is 30.4 Å². The van der Waals surface area contributed by atoms with Gasteiger partial charge in [0, 0.05) is 66.9 Å². The van der Waals surface area contributed by atoms with Gasteiger partial charge in [-0.15, -0.1) is 5.92 Å². The summed E-state index contributed by atoms with van der Waals surface area (Å²) in [5, 5.41) is 10.7. The van der Waals surface area contributed by atoms with Crippen molar-refractivity contribution < 1.29 is 23.5 Å². The Balaban J connectivity index is 1.37. The molecule has 1 N–H and O–H groups in total. The third-order valence-electron chi connectivity index (χ3n) is 7.18. The van der Waals surface area contributed by atoms with Gasteiger partial charge in [0.15, 0.2) is 0 Å². The smallest absolute Gasteiger partial charge is 0.308 e. The van der Waals surface area contributed by atoms with E-state index in [1.807, 2.05) is 29.8 Å². The van der Waals surface area contributed by atoms with Gasteiger partial charge in [0.1, 0.15) is 0 Å². The largest absolute Gasteiger partial charge is 0.481 e. The summed E-state index contributed by atoms with van der Waals surface area (Å²) in [6.07, 6.45) is 5.49. The van der Waals surface area contributed by atoms with Crippen LogP contribution in [0.5, 0.6) is 0 Å². The van der Waals surface area contributed by atoms with Crippen molar-refractivity contribution in [1.29, 1.82) is 0 Å². The molecule has 1 aromatic heterocycles. The van der Waals surface area contributed by atoms with E-state index in [2.05, 4.69) is 11.8 Å². The Morgan fingerprint density at radius 2 is 1.94 bits per heavy atom. The highest BCUT2D eigenvalue weighted by molar-refractivity contribution is 6.31. The Morgan fingerprint density at radius 1 is 1.20 bits per heavy atom. The lowest BCUT2D eigenvalue weighted by atomic mass is 9.82. The molecule has 1 aliphatic carbocycles. The van der Waals surface area contributed by atoms with Crippen LogP contribution >= 0.6 is 11.6 Å². The first-order chi connectivity index (χ1) is 16.7. The van der Waals surface area contributed by atoms with Crippen LogP contribution in [-0.2, 0) is 18.3 Å². The van der Waals surface area contributed by atoms with E-state index in [1.54, 1.807) is 4.90 Å². The number of unbranched alkanes of at least 4 members (excludes halogenated alkanes) is 4. The summed E-state index contributed by atoms with van der Waals surface area (Å²) in [6, 6.07) is 5.54. The van der Waals surface area contributed by atoms with Crippen molar-refractivity contribution >= 4 is 34.4 Å². The third-order valence-corrected chi connectivity index (χ3v) is 7.42. The number of carbonyl (C=O) groups excluding carboxylic acids is 1. The van der Waals surface area contributed by atoms with E-state index in [1.165, 1.54) is 0 Å². The van der Waals surface area contributed by atoms with E-state index in [9.17, 15) is 23.5 Å². The number of hydrogen-bond donors (Lipinski definition) is 1. The fourth-order valence-corrected chi connectivity index (χ4v) is 5.32. The van der Waals surface area contributed by atoms with Gasteiger partial charge in [0.05, 0.1) is 11.5 Å². The quantitative estimate of drug-likeness (QED) is 0.358. The van der Waals surface area contributed by atoms with Crippen LogP contribution < -0.4 is 0 Å². The second-order valence-corrected chi connectivity index (χ2v) is 10.3. The maximum Gasteiger partial charge on any atom is 0.308 e. The Kier molecular flexibility index (Phi) is 7.70. The number of carboxylic acid groups (broad SMARTS) is 1. The van der Waals surface area contributed by atoms with Crippen molar-refractivity contribution in [2.24, 2.45) is 18.9 Å². The van der Waals surface area contributed by atoms with E-state index in [0.717, 1.165) is 55.1 Å². The molecule has 1 saturated heterocycles. The second-order valence-electron chi connectivity index (χ2n) is 9.81. The first-order valence-electron chi connectivity index (χ1n) is 12.3. The lowest BCUT2D eigenvalue weighted by molar-refractivity contribution is -0.141. The average molecular weight is 505 g/mol. The topological polar surface area (TPSA) is 62.5 Å². The molecule has 2 fully saturated rings. The van der Waals surface area contributed by atoms with Crippen molar-refractivity contribution in [3.8, 4) is 11.8 Å². The number of likely N-dealkylation sites (tertiary alicyclic amines) is 1. The zero-order valence-electron chi connectivity index (χ0n) is 20.0.